The highest BCUT2D eigenvalue weighted by atomic mass is 127. The monoisotopic (exact) mass is 447 g/mol. The maximum atomic E-state index is 12.1. The minimum Gasteiger partial charge on any atom is -0.508 e. The molecule has 0 aliphatic rings. The van der Waals surface area contributed by atoms with Gasteiger partial charge < -0.3 is 20.5 Å². The lowest BCUT2D eigenvalue weighted by atomic mass is 10.1. The first-order valence-electron chi connectivity index (χ1n) is 6.73. The number of guanidine groups is 1. The molecule has 0 unspecified atom stereocenters. The zero-order valence-electron chi connectivity index (χ0n) is 12.9. The number of alkyl halides is 3. The molecule has 0 radical (unpaired) electrons. The molecule has 0 atom stereocenters. The highest BCUT2D eigenvalue weighted by Crippen LogP contribution is 2.23. The SMILES string of the molecule is CN=C(NCCc1ccc(OC)cc1O)NCCC(F)(F)F.I. The Morgan fingerprint density at radius 3 is 2.43 bits per heavy atom. The summed E-state index contributed by atoms with van der Waals surface area (Å²) < 4.78 is 41.1. The average molecular weight is 447 g/mol. The van der Waals surface area contributed by atoms with Crippen LogP contribution < -0.4 is 15.4 Å². The number of aliphatic imine (C=N–C) groups is 1. The van der Waals surface area contributed by atoms with E-state index in [1.807, 2.05) is 0 Å². The lowest BCUT2D eigenvalue weighted by Gasteiger charge is -2.13. The lowest BCUT2D eigenvalue weighted by Crippen LogP contribution is -2.39. The van der Waals surface area contributed by atoms with Crippen LogP contribution in [0.2, 0.25) is 0 Å². The number of phenols is 1. The molecular formula is C14H21F3IN3O2. The second-order valence-corrected chi connectivity index (χ2v) is 4.54. The molecule has 0 spiro atoms. The summed E-state index contributed by atoms with van der Waals surface area (Å²) in [6, 6.07) is 4.97. The third kappa shape index (κ3) is 8.72. The van der Waals surface area contributed by atoms with Gasteiger partial charge in [0.25, 0.3) is 0 Å². The Balaban J connectivity index is 0.00000484. The van der Waals surface area contributed by atoms with Crippen molar-refractivity contribution in [2.75, 3.05) is 27.2 Å². The molecule has 0 bridgehead atoms. The number of hydrogen-bond acceptors (Lipinski definition) is 3. The Morgan fingerprint density at radius 2 is 1.91 bits per heavy atom. The number of hydrogen-bond donors (Lipinski definition) is 3. The quantitative estimate of drug-likeness (QED) is 0.357. The van der Waals surface area contributed by atoms with Crippen molar-refractivity contribution in [3.63, 3.8) is 0 Å². The maximum absolute atomic E-state index is 12.1. The van der Waals surface area contributed by atoms with Crippen molar-refractivity contribution in [3.05, 3.63) is 23.8 Å². The highest BCUT2D eigenvalue weighted by molar-refractivity contribution is 14.0. The van der Waals surface area contributed by atoms with E-state index in [1.54, 1.807) is 12.1 Å². The standard InChI is InChI=1S/C14H20F3N3O2.HI/c1-18-13(20-8-6-14(15,16)17)19-7-5-10-3-4-11(22-2)9-12(10)21;/h3-4,9,21H,5-8H2,1-2H3,(H2,18,19,20);1H. The van der Waals surface area contributed by atoms with Gasteiger partial charge in [0.05, 0.1) is 13.5 Å². The van der Waals surface area contributed by atoms with Crippen LogP contribution >= 0.6 is 24.0 Å². The largest absolute Gasteiger partial charge is 0.508 e. The Morgan fingerprint density at radius 1 is 1.26 bits per heavy atom. The number of nitrogens with one attached hydrogen (secondary N) is 2. The van der Waals surface area contributed by atoms with E-state index in [0.29, 0.717) is 24.3 Å². The molecule has 9 heteroatoms. The van der Waals surface area contributed by atoms with E-state index in [2.05, 4.69) is 15.6 Å². The molecular weight excluding hydrogens is 426 g/mol. The summed E-state index contributed by atoms with van der Waals surface area (Å²) in [5.74, 6) is 0.956. The van der Waals surface area contributed by atoms with Gasteiger partial charge in [0.2, 0.25) is 0 Å². The van der Waals surface area contributed by atoms with E-state index in [4.69, 9.17) is 4.74 Å². The van der Waals surface area contributed by atoms with Crippen molar-refractivity contribution in [2.45, 2.75) is 19.0 Å². The Labute approximate surface area is 150 Å². The van der Waals surface area contributed by atoms with Crippen LogP contribution in [0.5, 0.6) is 11.5 Å². The zero-order valence-corrected chi connectivity index (χ0v) is 15.2. The van der Waals surface area contributed by atoms with Gasteiger partial charge in [-0.3, -0.25) is 4.99 Å². The van der Waals surface area contributed by atoms with Crippen LogP contribution in [-0.4, -0.2) is 44.5 Å². The van der Waals surface area contributed by atoms with Crippen molar-refractivity contribution < 1.29 is 23.0 Å². The molecule has 0 heterocycles. The molecule has 0 aliphatic heterocycles. The van der Waals surface area contributed by atoms with Crippen LogP contribution in [0.4, 0.5) is 13.2 Å². The van der Waals surface area contributed by atoms with E-state index in [9.17, 15) is 18.3 Å². The molecule has 132 valence electrons. The summed E-state index contributed by atoms with van der Waals surface area (Å²) in [5, 5.41) is 15.3. The fourth-order valence-corrected chi connectivity index (χ4v) is 1.74. The van der Waals surface area contributed by atoms with E-state index in [1.165, 1.54) is 20.2 Å². The van der Waals surface area contributed by atoms with Gasteiger partial charge in [0, 0.05) is 26.2 Å². The predicted octanol–water partition coefficient (Wildman–Crippen LogP) is 2.68. The molecule has 1 rings (SSSR count). The molecule has 5 nitrogen and oxygen atoms in total. The molecule has 1 aromatic carbocycles. The summed E-state index contributed by atoms with van der Waals surface area (Å²) in [6.07, 6.45) is -4.62. The normalized spacial score (nSPS) is 11.6. The van der Waals surface area contributed by atoms with Crippen molar-refractivity contribution >= 4 is 29.9 Å². The Hall–Kier alpha value is -1.39. The third-order valence-electron chi connectivity index (χ3n) is 2.90. The first-order valence-corrected chi connectivity index (χ1v) is 6.73. The molecule has 23 heavy (non-hydrogen) atoms. The average Bonchev–Trinajstić information content (AvgIpc) is 2.45. The van der Waals surface area contributed by atoms with E-state index in [-0.39, 0.29) is 42.2 Å². The number of rotatable bonds is 6. The smallest absolute Gasteiger partial charge is 0.390 e. The number of aromatic hydroxyl groups is 1. The van der Waals surface area contributed by atoms with Crippen LogP contribution in [0, 0.1) is 0 Å². The van der Waals surface area contributed by atoms with Crippen molar-refractivity contribution in [3.8, 4) is 11.5 Å². The maximum Gasteiger partial charge on any atom is 0.390 e. The van der Waals surface area contributed by atoms with Gasteiger partial charge in [0.1, 0.15) is 11.5 Å². The van der Waals surface area contributed by atoms with Gasteiger partial charge in [-0.15, -0.1) is 24.0 Å². The van der Waals surface area contributed by atoms with Gasteiger partial charge in [-0.25, -0.2) is 0 Å². The minimum atomic E-state index is -4.19. The molecule has 3 N–H and O–H groups in total. The number of halogens is 4. The zero-order chi connectivity index (χ0) is 16.6. The molecule has 1 aromatic rings. The summed E-state index contributed by atoms with van der Waals surface area (Å²) in [5.41, 5.74) is 0.707. The minimum absolute atomic E-state index is 0. The summed E-state index contributed by atoms with van der Waals surface area (Å²) in [4.78, 5) is 3.83. The van der Waals surface area contributed by atoms with Gasteiger partial charge in [0.15, 0.2) is 5.96 Å². The van der Waals surface area contributed by atoms with Crippen molar-refractivity contribution in [1.29, 1.82) is 0 Å². The van der Waals surface area contributed by atoms with Crippen LogP contribution in [-0.2, 0) is 6.42 Å². The summed E-state index contributed by atoms with van der Waals surface area (Å²) >= 11 is 0. The second-order valence-electron chi connectivity index (χ2n) is 4.54. The first kappa shape index (κ1) is 21.6. The van der Waals surface area contributed by atoms with Gasteiger partial charge in [-0.05, 0) is 18.1 Å². The molecule has 0 saturated heterocycles. The van der Waals surface area contributed by atoms with Gasteiger partial charge in [-0.1, -0.05) is 6.07 Å². The fourth-order valence-electron chi connectivity index (χ4n) is 1.74. The van der Waals surface area contributed by atoms with E-state index in [0.717, 1.165) is 0 Å². The third-order valence-corrected chi connectivity index (χ3v) is 2.90. The Kier molecular flexibility index (Phi) is 9.77. The summed E-state index contributed by atoms with van der Waals surface area (Å²) in [6.45, 7) is 0.183. The first-order chi connectivity index (χ1) is 10.4. The molecule has 0 saturated carbocycles. The van der Waals surface area contributed by atoms with Crippen molar-refractivity contribution in [2.24, 2.45) is 4.99 Å². The fraction of sp³-hybridized carbons (Fsp3) is 0.500. The number of phenolic OH excluding ortho intramolecular Hbond substituents is 1. The van der Waals surface area contributed by atoms with Gasteiger partial charge in [-0.2, -0.15) is 13.2 Å². The number of nitrogens with zero attached hydrogens (tertiary/aromatic N) is 1. The van der Waals surface area contributed by atoms with Crippen molar-refractivity contribution in [1.82, 2.24) is 10.6 Å². The molecule has 0 amide bonds. The number of methoxy groups -OCH3 is 1. The second kappa shape index (κ2) is 10.4. The van der Waals surface area contributed by atoms with E-state index < -0.39 is 12.6 Å². The van der Waals surface area contributed by atoms with Crippen LogP contribution in [0.25, 0.3) is 0 Å². The highest BCUT2D eigenvalue weighted by Gasteiger charge is 2.26. The molecule has 0 aromatic heterocycles. The lowest BCUT2D eigenvalue weighted by molar-refractivity contribution is -0.132. The topological polar surface area (TPSA) is 65.9 Å². The number of ether oxygens (including phenoxy) is 1. The number of benzene rings is 1. The molecule has 0 fully saturated rings. The Bertz CT molecular complexity index is 511. The van der Waals surface area contributed by atoms with E-state index >= 15 is 0 Å². The van der Waals surface area contributed by atoms with Crippen LogP contribution in [0.3, 0.4) is 0 Å². The molecule has 0 aliphatic carbocycles. The van der Waals surface area contributed by atoms with Crippen LogP contribution in [0.1, 0.15) is 12.0 Å². The summed E-state index contributed by atoms with van der Waals surface area (Å²) in [7, 11) is 2.99. The van der Waals surface area contributed by atoms with Crippen LogP contribution in [0.15, 0.2) is 23.2 Å². The predicted molar refractivity (Wildman–Crippen MR) is 93.8 cm³/mol. The van der Waals surface area contributed by atoms with Gasteiger partial charge >= 0.3 is 6.18 Å².